The van der Waals surface area contributed by atoms with Crippen LogP contribution < -0.4 is 0 Å². The average molecular weight is 175 g/mol. The van der Waals surface area contributed by atoms with Crippen LogP contribution in [0.4, 0.5) is 0 Å². The van der Waals surface area contributed by atoms with Crippen LogP contribution in [0, 0.1) is 12.3 Å². The van der Waals surface area contributed by atoms with Crippen molar-refractivity contribution in [1.29, 1.82) is 0 Å². The molecule has 1 rings (SSSR count). The highest BCUT2D eigenvalue weighted by Crippen LogP contribution is 2.23. The van der Waals surface area contributed by atoms with Crippen molar-refractivity contribution in [2.45, 2.75) is 18.9 Å². The standard InChI is InChI=1S/C10H9NS/c1-3-9-5-4-6-10(2,7-9)11-8-12/h1,4-5,7H,6H2,2H3. The van der Waals surface area contributed by atoms with Crippen molar-refractivity contribution in [3.63, 3.8) is 0 Å². The van der Waals surface area contributed by atoms with Gasteiger partial charge < -0.3 is 0 Å². The van der Waals surface area contributed by atoms with E-state index in [2.05, 4.69) is 28.3 Å². The molecule has 0 N–H and O–H groups in total. The molecular weight excluding hydrogens is 166 g/mol. The Morgan fingerprint density at radius 2 is 2.50 bits per heavy atom. The van der Waals surface area contributed by atoms with Gasteiger partial charge in [-0.15, -0.1) is 6.42 Å². The molecule has 0 aromatic rings. The molecule has 1 unspecified atom stereocenters. The number of terminal acetylenes is 1. The molecule has 0 radical (unpaired) electrons. The number of isothiocyanates is 1. The lowest BCUT2D eigenvalue weighted by Crippen LogP contribution is -2.19. The van der Waals surface area contributed by atoms with E-state index in [1.807, 2.05) is 25.2 Å². The van der Waals surface area contributed by atoms with Gasteiger partial charge in [0.1, 0.15) is 0 Å². The van der Waals surface area contributed by atoms with Crippen LogP contribution in [0.2, 0.25) is 0 Å². The molecule has 0 spiro atoms. The van der Waals surface area contributed by atoms with E-state index >= 15 is 0 Å². The number of rotatable bonds is 1. The van der Waals surface area contributed by atoms with Gasteiger partial charge in [0, 0.05) is 5.57 Å². The molecule has 0 bridgehead atoms. The van der Waals surface area contributed by atoms with Gasteiger partial charge in [-0.1, -0.05) is 18.1 Å². The van der Waals surface area contributed by atoms with Crippen molar-refractivity contribution in [1.82, 2.24) is 0 Å². The third-order valence-electron chi connectivity index (χ3n) is 1.76. The molecule has 0 fully saturated rings. The Morgan fingerprint density at radius 3 is 3.08 bits per heavy atom. The first-order chi connectivity index (χ1) is 5.70. The summed E-state index contributed by atoms with van der Waals surface area (Å²) in [7, 11) is 0. The minimum Gasteiger partial charge on any atom is -0.221 e. The lowest BCUT2D eigenvalue weighted by Gasteiger charge is -2.20. The van der Waals surface area contributed by atoms with E-state index in [9.17, 15) is 0 Å². The van der Waals surface area contributed by atoms with Crippen molar-refractivity contribution in [2.24, 2.45) is 4.99 Å². The van der Waals surface area contributed by atoms with Gasteiger partial charge in [0.15, 0.2) is 0 Å². The zero-order valence-corrected chi connectivity index (χ0v) is 7.69. The van der Waals surface area contributed by atoms with Crippen LogP contribution in [-0.2, 0) is 0 Å². The summed E-state index contributed by atoms with van der Waals surface area (Å²) in [5, 5.41) is 2.38. The van der Waals surface area contributed by atoms with Crippen molar-refractivity contribution in [3.8, 4) is 12.3 Å². The van der Waals surface area contributed by atoms with E-state index in [1.54, 1.807) is 0 Å². The smallest absolute Gasteiger partial charge is 0.0911 e. The third-order valence-corrected chi connectivity index (χ3v) is 1.85. The Bertz CT molecular complexity index is 326. The Morgan fingerprint density at radius 1 is 1.75 bits per heavy atom. The monoisotopic (exact) mass is 175 g/mol. The summed E-state index contributed by atoms with van der Waals surface area (Å²) in [6, 6.07) is 0. The van der Waals surface area contributed by atoms with E-state index in [0.717, 1.165) is 12.0 Å². The van der Waals surface area contributed by atoms with Gasteiger partial charge >= 0.3 is 0 Å². The second-order valence-electron chi connectivity index (χ2n) is 2.91. The van der Waals surface area contributed by atoms with Crippen molar-refractivity contribution >= 4 is 17.4 Å². The number of aliphatic imine (C=N–C) groups is 1. The molecule has 1 nitrogen and oxygen atoms in total. The molecule has 0 amide bonds. The average Bonchev–Trinajstić information content (AvgIpc) is 2.04. The minimum atomic E-state index is -0.280. The second-order valence-corrected chi connectivity index (χ2v) is 3.09. The maximum Gasteiger partial charge on any atom is 0.0911 e. The fourth-order valence-electron chi connectivity index (χ4n) is 1.14. The Balaban J connectivity index is 2.99. The molecule has 0 aromatic carbocycles. The predicted octanol–water partition coefficient (Wildman–Crippen LogP) is 2.37. The first-order valence-electron chi connectivity index (χ1n) is 3.65. The predicted molar refractivity (Wildman–Crippen MR) is 54.1 cm³/mol. The number of thiocarbonyl (C=S) groups is 1. The summed E-state index contributed by atoms with van der Waals surface area (Å²) < 4.78 is 0. The molecule has 0 heterocycles. The fraction of sp³-hybridized carbons (Fsp3) is 0.300. The molecule has 0 saturated heterocycles. The lowest BCUT2D eigenvalue weighted by molar-refractivity contribution is 0.595. The SMILES string of the molecule is C#CC1=CC(C)(N=C=S)CC=C1. The molecule has 1 atom stereocenters. The molecule has 0 saturated carbocycles. The topological polar surface area (TPSA) is 12.4 Å². The first kappa shape index (κ1) is 8.93. The summed E-state index contributed by atoms with van der Waals surface area (Å²) in [4.78, 5) is 4.06. The quantitative estimate of drug-likeness (QED) is 0.338. The molecule has 0 aliphatic heterocycles. The molecule has 1 aliphatic rings. The third kappa shape index (κ3) is 1.92. The van der Waals surface area contributed by atoms with Gasteiger partial charge in [-0.25, -0.2) is 4.99 Å². The maximum atomic E-state index is 5.26. The van der Waals surface area contributed by atoms with Crippen LogP contribution in [0.1, 0.15) is 13.3 Å². The Kier molecular flexibility index (Phi) is 2.60. The van der Waals surface area contributed by atoms with Crippen LogP contribution >= 0.6 is 12.2 Å². The summed E-state index contributed by atoms with van der Waals surface area (Å²) in [5.41, 5.74) is 0.579. The van der Waals surface area contributed by atoms with Gasteiger partial charge in [0.2, 0.25) is 0 Å². The van der Waals surface area contributed by atoms with Crippen LogP contribution in [-0.4, -0.2) is 10.7 Å². The first-order valence-corrected chi connectivity index (χ1v) is 4.06. The van der Waals surface area contributed by atoms with Gasteiger partial charge in [0.25, 0.3) is 0 Å². The van der Waals surface area contributed by atoms with Gasteiger partial charge in [0.05, 0.1) is 10.7 Å². The highest BCUT2D eigenvalue weighted by atomic mass is 32.1. The van der Waals surface area contributed by atoms with Crippen LogP contribution in [0.25, 0.3) is 0 Å². The molecule has 12 heavy (non-hydrogen) atoms. The number of allylic oxidation sites excluding steroid dienone is 2. The Hall–Kier alpha value is -1.16. The van der Waals surface area contributed by atoms with Gasteiger partial charge in [-0.3, -0.25) is 0 Å². The van der Waals surface area contributed by atoms with Gasteiger partial charge in [-0.2, -0.15) is 0 Å². The van der Waals surface area contributed by atoms with E-state index in [-0.39, 0.29) is 5.54 Å². The van der Waals surface area contributed by atoms with E-state index in [1.165, 1.54) is 0 Å². The van der Waals surface area contributed by atoms with E-state index < -0.39 is 0 Å². The van der Waals surface area contributed by atoms with E-state index in [0.29, 0.717) is 0 Å². The summed E-state index contributed by atoms with van der Waals surface area (Å²) in [5.74, 6) is 2.57. The van der Waals surface area contributed by atoms with Crippen molar-refractivity contribution in [3.05, 3.63) is 23.8 Å². The lowest BCUT2D eigenvalue weighted by atomic mass is 9.91. The van der Waals surface area contributed by atoms with Crippen molar-refractivity contribution < 1.29 is 0 Å². The summed E-state index contributed by atoms with van der Waals surface area (Å²) >= 11 is 4.56. The second kappa shape index (κ2) is 3.49. The largest absolute Gasteiger partial charge is 0.221 e. The molecule has 60 valence electrons. The minimum absolute atomic E-state index is 0.280. The number of hydrogen-bond donors (Lipinski definition) is 0. The number of hydrogen-bond acceptors (Lipinski definition) is 2. The highest BCUT2D eigenvalue weighted by Gasteiger charge is 2.20. The normalized spacial score (nSPS) is 26.8. The van der Waals surface area contributed by atoms with Crippen LogP contribution in [0.3, 0.4) is 0 Å². The maximum absolute atomic E-state index is 5.26. The summed E-state index contributed by atoms with van der Waals surface area (Å²) in [6.07, 6.45) is 12.0. The number of nitrogens with zero attached hydrogens (tertiary/aromatic N) is 1. The van der Waals surface area contributed by atoms with E-state index in [4.69, 9.17) is 6.42 Å². The Labute approximate surface area is 77.9 Å². The van der Waals surface area contributed by atoms with Crippen LogP contribution in [0.15, 0.2) is 28.8 Å². The van der Waals surface area contributed by atoms with Gasteiger partial charge in [-0.05, 0) is 31.6 Å². The highest BCUT2D eigenvalue weighted by molar-refractivity contribution is 7.78. The van der Waals surface area contributed by atoms with Crippen LogP contribution in [0.5, 0.6) is 0 Å². The molecule has 0 aromatic heterocycles. The molecular formula is C10H9NS. The summed E-state index contributed by atoms with van der Waals surface area (Å²) in [6.45, 7) is 1.98. The fourth-order valence-corrected chi connectivity index (χ4v) is 1.35. The molecule has 1 aliphatic carbocycles. The zero-order chi connectivity index (χ0) is 9.03. The molecule has 2 heteroatoms. The van der Waals surface area contributed by atoms with Crippen molar-refractivity contribution in [2.75, 3.05) is 0 Å². The zero-order valence-electron chi connectivity index (χ0n) is 6.87.